The maximum atomic E-state index is 11.5. The Bertz CT molecular complexity index is 736. The van der Waals surface area contributed by atoms with Crippen LogP contribution in [0.25, 0.3) is 0 Å². The summed E-state index contributed by atoms with van der Waals surface area (Å²) in [6, 6.07) is 0. The van der Waals surface area contributed by atoms with Crippen molar-refractivity contribution in [3.05, 3.63) is 0 Å². The van der Waals surface area contributed by atoms with Crippen molar-refractivity contribution in [2.24, 2.45) is 0 Å². The fourth-order valence-corrected chi connectivity index (χ4v) is 3.89. The highest BCUT2D eigenvalue weighted by atomic mass is 79.9. The zero-order valence-corrected chi connectivity index (χ0v) is 34.8. The van der Waals surface area contributed by atoms with Crippen LogP contribution in [0.4, 0.5) is 0 Å². The zero-order valence-electron chi connectivity index (χ0n) is 33.2. The lowest BCUT2D eigenvalue weighted by molar-refractivity contribution is -0.160. The second-order valence-corrected chi connectivity index (χ2v) is 12.7. The topological polar surface area (TPSA) is 165 Å². The molecule has 0 fully saturated rings. The first-order valence-electron chi connectivity index (χ1n) is 18.9. The predicted octanol–water partition coefficient (Wildman–Crippen LogP) is 1.97. The third-order valence-corrected chi connectivity index (χ3v) is 6.39. The molecule has 0 aliphatic carbocycles. The van der Waals surface area contributed by atoms with Crippen molar-refractivity contribution in [3.63, 3.8) is 0 Å². The average Bonchev–Trinajstić information content (AvgIpc) is 3.14. The van der Waals surface area contributed by atoms with Crippen LogP contribution >= 0.6 is 15.9 Å². The van der Waals surface area contributed by atoms with Crippen LogP contribution in [-0.4, -0.2) is 215 Å². The lowest BCUT2D eigenvalue weighted by Gasteiger charge is -2.19. The van der Waals surface area contributed by atoms with E-state index >= 15 is 0 Å². The number of carbonyl (C=O) groups excluding carboxylic acids is 1. The molecule has 324 valence electrons. The van der Waals surface area contributed by atoms with Crippen molar-refractivity contribution >= 4 is 21.9 Å². The van der Waals surface area contributed by atoms with Gasteiger partial charge < -0.3 is 75.8 Å². The fraction of sp³-hybridized carbons (Fsp3) is 0.972. The number of hydrogen-bond donors (Lipinski definition) is 0. The molecule has 0 aromatic carbocycles. The summed E-state index contributed by atoms with van der Waals surface area (Å²) < 4.78 is 86.6. The first-order chi connectivity index (χ1) is 26.5. The van der Waals surface area contributed by atoms with Crippen molar-refractivity contribution in [2.75, 3.05) is 204 Å². The summed E-state index contributed by atoms with van der Waals surface area (Å²) in [6.45, 7) is 19.8. The van der Waals surface area contributed by atoms with Gasteiger partial charge in [0.15, 0.2) is 0 Å². The van der Waals surface area contributed by atoms with E-state index in [1.807, 2.05) is 20.8 Å². The van der Waals surface area contributed by atoms with E-state index in [9.17, 15) is 4.79 Å². The Morgan fingerprint density at radius 1 is 0.315 bits per heavy atom. The molecule has 0 spiro atoms. The Balaban J connectivity index is 3.09. The summed E-state index contributed by atoms with van der Waals surface area (Å²) in [7, 11) is 0. The molecule has 0 N–H and O–H groups in total. The molecular formula is C36H71BrO17. The highest BCUT2D eigenvalue weighted by molar-refractivity contribution is 9.09. The lowest BCUT2D eigenvalue weighted by Crippen LogP contribution is -2.27. The summed E-state index contributed by atoms with van der Waals surface area (Å²) in [4.78, 5) is 11.5. The molecule has 0 atom stereocenters. The molecule has 18 heteroatoms. The van der Waals surface area contributed by atoms with Gasteiger partial charge in [-0.15, -0.1) is 0 Å². The standard InChI is InChI=1S/C36H71BrO17/c1-36(2,3)54-35(38)34-53-33-32-52-31-30-51-29-28-50-27-26-49-25-24-48-23-22-47-21-20-46-19-18-45-17-16-44-15-14-43-13-12-42-11-10-41-9-8-40-7-6-39-5-4-37/h4-34H2,1-3H3. The normalized spacial score (nSPS) is 11.9. The number of rotatable bonds is 46. The van der Waals surface area contributed by atoms with Crippen LogP contribution in [-0.2, 0) is 80.6 Å². The minimum Gasteiger partial charge on any atom is -0.458 e. The minimum atomic E-state index is -0.514. The van der Waals surface area contributed by atoms with Crippen molar-refractivity contribution in [3.8, 4) is 0 Å². The monoisotopic (exact) mass is 854 g/mol. The van der Waals surface area contributed by atoms with Gasteiger partial charge in [0.05, 0.1) is 192 Å². The van der Waals surface area contributed by atoms with Crippen LogP contribution in [0.15, 0.2) is 0 Å². The Morgan fingerprint density at radius 2 is 0.481 bits per heavy atom. The smallest absolute Gasteiger partial charge is 0.332 e. The van der Waals surface area contributed by atoms with Crippen molar-refractivity contribution in [1.29, 1.82) is 0 Å². The zero-order chi connectivity index (χ0) is 39.3. The van der Waals surface area contributed by atoms with Crippen LogP contribution in [0.3, 0.4) is 0 Å². The van der Waals surface area contributed by atoms with Crippen LogP contribution < -0.4 is 0 Å². The van der Waals surface area contributed by atoms with Gasteiger partial charge in [0.25, 0.3) is 0 Å². The minimum absolute atomic E-state index is 0.0862. The Hall–Kier alpha value is -0.650. The highest BCUT2D eigenvalue weighted by Crippen LogP contribution is 2.06. The molecule has 0 bridgehead atoms. The van der Waals surface area contributed by atoms with Crippen LogP contribution in [0.1, 0.15) is 20.8 Å². The summed E-state index contributed by atoms with van der Waals surface area (Å²) in [6.07, 6.45) is 0. The first kappa shape index (κ1) is 53.4. The highest BCUT2D eigenvalue weighted by Gasteiger charge is 2.15. The van der Waals surface area contributed by atoms with Crippen molar-refractivity contribution in [2.45, 2.75) is 26.4 Å². The summed E-state index contributed by atoms with van der Waals surface area (Å²) >= 11 is 3.30. The number of alkyl halides is 1. The van der Waals surface area contributed by atoms with Crippen LogP contribution in [0.2, 0.25) is 0 Å². The van der Waals surface area contributed by atoms with Gasteiger partial charge in [0.1, 0.15) is 12.2 Å². The molecule has 0 saturated heterocycles. The van der Waals surface area contributed by atoms with E-state index in [1.165, 1.54) is 0 Å². The molecule has 0 aromatic rings. The number of ether oxygens (including phenoxy) is 16. The van der Waals surface area contributed by atoms with Gasteiger partial charge in [0.2, 0.25) is 0 Å². The molecule has 0 saturated carbocycles. The van der Waals surface area contributed by atoms with Crippen LogP contribution in [0.5, 0.6) is 0 Å². The Morgan fingerprint density at radius 3 is 0.648 bits per heavy atom. The number of hydrogen-bond acceptors (Lipinski definition) is 17. The number of carbonyl (C=O) groups is 1. The molecule has 0 aliphatic heterocycles. The molecule has 0 aliphatic rings. The maximum Gasteiger partial charge on any atom is 0.332 e. The van der Waals surface area contributed by atoms with E-state index < -0.39 is 5.60 Å². The number of halogens is 1. The predicted molar refractivity (Wildman–Crippen MR) is 202 cm³/mol. The maximum absolute atomic E-state index is 11.5. The van der Waals surface area contributed by atoms with E-state index in [0.29, 0.717) is 192 Å². The number of esters is 1. The first-order valence-corrected chi connectivity index (χ1v) is 20.0. The second-order valence-electron chi connectivity index (χ2n) is 11.9. The van der Waals surface area contributed by atoms with Crippen molar-refractivity contribution in [1.82, 2.24) is 0 Å². The second kappa shape index (κ2) is 45.1. The molecule has 0 aromatic heterocycles. The van der Waals surface area contributed by atoms with Gasteiger partial charge in [-0.2, -0.15) is 0 Å². The third-order valence-electron chi connectivity index (χ3n) is 6.07. The van der Waals surface area contributed by atoms with E-state index in [0.717, 1.165) is 5.33 Å². The largest absolute Gasteiger partial charge is 0.458 e. The molecule has 0 unspecified atom stereocenters. The van der Waals surface area contributed by atoms with Gasteiger partial charge in [-0.3, -0.25) is 0 Å². The van der Waals surface area contributed by atoms with E-state index in [4.69, 9.17) is 75.8 Å². The third kappa shape index (κ3) is 49.4. The lowest BCUT2D eigenvalue weighted by atomic mass is 10.2. The van der Waals surface area contributed by atoms with Gasteiger partial charge in [0, 0.05) is 5.33 Å². The molecule has 0 radical (unpaired) electrons. The molecular weight excluding hydrogens is 784 g/mol. The van der Waals surface area contributed by atoms with E-state index in [-0.39, 0.29) is 12.6 Å². The Labute approximate surface area is 331 Å². The quantitative estimate of drug-likeness (QED) is 0.0496. The van der Waals surface area contributed by atoms with Gasteiger partial charge >= 0.3 is 5.97 Å². The van der Waals surface area contributed by atoms with E-state index in [1.54, 1.807) is 0 Å². The van der Waals surface area contributed by atoms with Crippen molar-refractivity contribution < 1.29 is 80.6 Å². The molecule has 17 nitrogen and oxygen atoms in total. The fourth-order valence-electron chi connectivity index (χ4n) is 3.66. The average molecular weight is 856 g/mol. The molecule has 0 heterocycles. The van der Waals surface area contributed by atoms with Gasteiger partial charge in [-0.25, -0.2) is 4.79 Å². The van der Waals surface area contributed by atoms with Crippen LogP contribution in [0, 0.1) is 0 Å². The Kier molecular flexibility index (Phi) is 44.5. The van der Waals surface area contributed by atoms with E-state index in [2.05, 4.69) is 15.9 Å². The molecule has 0 rings (SSSR count). The summed E-state index contributed by atoms with van der Waals surface area (Å²) in [5.74, 6) is -0.389. The summed E-state index contributed by atoms with van der Waals surface area (Å²) in [5, 5.41) is 0.832. The SMILES string of the molecule is CC(C)(C)OC(=O)COCCOCCOCCOCCOCCOCCOCCOCCOCCOCCOCCOCCOCCOCCOCCBr. The van der Waals surface area contributed by atoms with Gasteiger partial charge in [-0.05, 0) is 20.8 Å². The summed E-state index contributed by atoms with van der Waals surface area (Å²) in [5.41, 5.74) is -0.514. The van der Waals surface area contributed by atoms with Gasteiger partial charge in [-0.1, -0.05) is 15.9 Å². The molecule has 54 heavy (non-hydrogen) atoms. The molecule has 0 amide bonds.